The van der Waals surface area contributed by atoms with E-state index in [0.29, 0.717) is 5.76 Å². The fourth-order valence-electron chi connectivity index (χ4n) is 0.831. The maximum atomic E-state index is 10.5. The SMILES string of the molecule is Cc1cnoc1C(C)C(=O)O. The van der Waals surface area contributed by atoms with Crippen LogP contribution in [0.1, 0.15) is 24.2 Å². The Labute approximate surface area is 63.8 Å². The molecule has 0 amide bonds. The normalized spacial score (nSPS) is 12.9. The highest BCUT2D eigenvalue weighted by molar-refractivity contribution is 5.74. The average Bonchev–Trinajstić information content (AvgIpc) is 2.33. The Balaban J connectivity index is 2.92. The molecule has 1 aromatic heterocycles. The van der Waals surface area contributed by atoms with E-state index in [-0.39, 0.29) is 0 Å². The molecule has 0 aromatic carbocycles. The summed E-state index contributed by atoms with van der Waals surface area (Å²) < 4.78 is 4.76. The average molecular weight is 155 g/mol. The Hall–Kier alpha value is -1.32. The van der Waals surface area contributed by atoms with Crippen LogP contribution in [0.3, 0.4) is 0 Å². The zero-order valence-corrected chi connectivity index (χ0v) is 6.37. The third kappa shape index (κ3) is 1.39. The summed E-state index contributed by atoms with van der Waals surface area (Å²) in [5, 5.41) is 12.1. The van der Waals surface area contributed by atoms with E-state index in [1.54, 1.807) is 13.8 Å². The quantitative estimate of drug-likeness (QED) is 0.696. The number of aliphatic carboxylic acids is 1. The number of rotatable bonds is 2. The summed E-state index contributed by atoms with van der Waals surface area (Å²) in [7, 11) is 0. The highest BCUT2D eigenvalue weighted by Crippen LogP contribution is 2.18. The monoisotopic (exact) mass is 155 g/mol. The van der Waals surface area contributed by atoms with Gasteiger partial charge in [0.25, 0.3) is 0 Å². The van der Waals surface area contributed by atoms with Crippen LogP contribution in [0.5, 0.6) is 0 Å². The predicted molar refractivity (Wildman–Crippen MR) is 37.3 cm³/mol. The second-order valence-electron chi connectivity index (χ2n) is 2.43. The van der Waals surface area contributed by atoms with Gasteiger partial charge in [-0.3, -0.25) is 4.79 Å². The first-order valence-corrected chi connectivity index (χ1v) is 3.27. The van der Waals surface area contributed by atoms with Crippen molar-refractivity contribution >= 4 is 5.97 Å². The number of nitrogens with zero attached hydrogens (tertiary/aromatic N) is 1. The maximum Gasteiger partial charge on any atom is 0.314 e. The summed E-state index contributed by atoms with van der Waals surface area (Å²) in [6.07, 6.45) is 1.51. The van der Waals surface area contributed by atoms with Crippen LogP contribution in [0.2, 0.25) is 0 Å². The largest absolute Gasteiger partial charge is 0.481 e. The number of aryl methyl sites for hydroxylation is 1. The summed E-state index contributed by atoms with van der Waals surface area (Å²) >= 11 is 0. The predicted octanol–water partition coefficient (Wildman–Crippen LogP) is 1.17. The van der Waals surface area contributed by atoms with Crippen molar-refractivity contribution in [3.8, 4) is 0 Å². The van der Waals surface area contributed by atoms with Crippen molar-refractivity contribution in [3.05, 3.63) is 17.5 Å². The zero-order chi connectivity index (χ0) is 8.43. The van der Waals surface area contributed by atoms with E-state index in [2.05, 4.69) is 5.16 Å². The van der Waals surface area contributed by atoms with Crippen LogP contribution >= 0.6 is 0 Å². The molecular formula is C7H9NO3. The molecule has 0 spiro atoms. The van der Waals surface area contributed by atoms with E-state index >= 15 is 0 Å². The molecule has 0 radical (unpaired) electrons. The molecule has 0 aliphatic carbocycles. The standard InChI is InChI=1S/C7H9NO3/c1-4-3-8-11-6(4)5(2)7(9)10/h3,5H,1-2H3,(H,9,10). The third-order valence-electron chi connectivity index (χ3n) is 1.55. The van der Waals surface area contributed by atoms with Gasteiger partial charge in [-0.15, -0.1) is 0 Å². The number of carbonyl (C=O) groups is 1. The van der Waals surface area contributed by atoms with Crippen LogP contribution in [-0.2, 0) is 4.79 Å². The van der Waals surface area contributed by atoms with Crippen LogP contribution in [0.4, 0.5) is 0 Å². The Morgan fingerprint density at radius 1 is 1.82 bits per heavy atom. The second-order valence-corrected chi connectivity index (χ2v) is 2.43. The third-order valence-corrected chi connectivity index (χ3v) is 1.55. The zero-order valence-electron chi connectivity index (χ0n) is 6.37. The summed E-state index contributed by atoms with van der Waals surface area (Å²) in [6.45, 7) is 3.33. The van der Waals surface area contributed by atoms with Gasteiger partial charge in [0.15, 0.2) is 5.76 Å². The molecule has 0 aliphatic heterocycles. The topological polar surface area (TPSA) is 63.3 Å². The molecule has 0 fully saturated rings. The molecule has 0 aliphatic rings. The fraction of sp³-hybridized carbons (Fsp3) is 0.429. The highest BCUT2D eigenvalue weighted by atomic mass is 16.5. The summed E-state index contributed by atoms with van der Waals surface area (Å²) in [4.78, 5) is 10.5. The van der Waals surface area contributed by atoms with Crippen LogP contribution in [-0.4, -0.2) is 16.2 Å². The van der Waals surface area contributed by atoms with E-state index in [0.717, 1.165) is 5.56 Å². The molecular weight excluding hydrogens is 146 g/mol. The van der Waals surface area contributed by atoms with Crippen molar-refractivity contribution in [1.29, 1.82) is 0 Å². The smallest absolute Gasteiger partial charge is 0.314 e. The first-order chi connectivity index (χ1) is 5.13. The molecule has 0 saturated carbocycles. The molecule has 4 nitrogen and oxygen atoms in total. The lowest BCUT2D eigenvalue weighted by molar-refractivity contribution is -0.138. The van der Waals surface area contributed by atoms with Crippen LogP contribution in [0.25, 0.3) is 0 Å². The molecule has 1 rings (SSSR count). The summed E-state index contributed by atoms with van der Waals surface area (Å²) in [5.74, 6) is -1.08. The first-order valence-electron chi connectivity index (χ1n) is 3.27. The number of carboxylic acid groups (broad SMARTS) is 1. The molecule has 1 unspecified atom stereocenters. The molecule has 0 saturated heterocycles. The molecule has 1 atom stereocenters. The first kappa shape index (κ1) is 7.78. The number of hydrogen-bond acceptors (Lipinski definition) is 3. The van der Waals surface area contributed by atoms with Gasteiger partial charge >= 0.3 is 5.97 Å². The van der Waals surface area contributed by atoms with Crippen molar-refractivity contribution < 1.29 is 14.4 Å². The number of hydrogen-bond donors (Lipinski definition) is 1. The van der Waals surface area contributed by atoms with E-state index < -0.39 is 11.9 Å². The van der Waals surface area contributed by atoms with Crippen LogP contribution in [0.15, 0.2) is 10.7 Å². The minimum atomic E-state index is -0.898. The Bertz CT molecular complexity index is 266. The Kier molecular flexibility index (Phi) is 1.94. The molecule has 60 valence electrons. The molecule has 4 heteroatoms. The van der Waals surface area contributed by atoms with Gasteiger partial charge in [-0.1, -0.05) is 5.16 Å². The number of aromatic nitrogens is 1. The summed E-state index contributed by atoms with van der Waals surface area (Å²) in [5.41, 5.74) is 0.778. The Morgan fingerprint density at radius 2 is 2.45 bits per heavy atom. The van der Waals surface area contributed by atoms with E-state index in [1.165, 1.54) is 6.20 Å². The maximum absolute atomic E-state index is 10.5. The number of carboxylic acids is 1. The van der Waals surface area contributed by atoms with Crippen molar-refractivity contribution in [1.82, 2.24) is 5.16 Å². The van der Waals surface area contributed by atoms with Gasteiger partial charge in [-0.25, -0.2) is 0 Å². The van der Waals surface area contributed by atoms with Gasteiger partial charge in [-0.2, -0.15) is 0 Å². The van der Waals surface area contributed by atoms with E-state index in [1.807, 2.05) is 0 Å². The van der Waals surface area contributed by atoms with E-state index in [4.69, 9.17) is 9.63 Å². The van der Waals surface area contributed by atoms with Crippen molar-refractivity contribution in [2.24, 2.45) is 0 Å². The minimum absolute atomic E-state index is 0.428. The van der Waals surface area contributed by atoms with Crippen LogP contribution < -0.4 is 0 Å². The minimum Gasteiger partial charge on any atom is -0.481 e. The molecule has 11 heavy (non-hydrogen) atoms. The summed E-state index contributed by atoms with van der Waals surface area (Å²) in [6, 6.07) is 0. The molecule has 1 N–H and O–H groups in total. The van der Waals surface area contributed by atoms with Gasteiger partial charge in [0, 0.05) is 5.56 Å². The lowest BCUT2D eigenvalue weighted by Gasteiger charge is -2.00. The van der Waals surface area contributed by atoms with Gasteiger partial charge in [0.1, 0.15) is 5.92 Å². The van der Waals surface area contributed by atoms with Gasteiger partial charge in [0.05, 0.1) is 6.20 Å². The molecule has 1 aromatic rings. The van der Waals surface area contributed by atoms with Gasteiger partial charge in [0.2, 0.25) is 0 Å². The van der Waals surface area contributed by atoms with Crippen molar-refractivity contribution in [3.63, 3.8) is 0 Å². The van der Waals surface area contributed by atoms with Gasteiger partial charge < -0.3 is 9.63 Å². The molecule has 1 heterocycles. The van der Waals surface area contributed by atoms with Gasteiger partial charge in [-0.05, 0) is 13.8 Å². The lowest BCUT2D eigenvalue weighted by Crippen LogP contribution is -2.07. The highest BCUT2D eigenvalue weighted by Gasteiger charge is 2.19. The van der Waals surface area contributed by atoms with Crippen molar-refractivity contribution in [2.45, 2.75) is 19.8 Å². The lowest BCUT2D eigenvalue weighted by atomic mass is 10.1. The van der Waals surface area contributed by atoms with E-state index in [9.17, 15) is 4.79 Å². The molecule has 0 bridgehead atoms. The fourth-order valence-corrected chi connectivity index (χ4v) is 0.831. The second kappa shape index (κ2) is 2.74. The van der Waals surface area contributed by atoms with Crippen LogP contribution in [0, 0.1) is 6.92 Å². The Morgan fingerprint density at radius 3 is 2.82 bits per heavy atom. The van der Waals surface area contributed by atoms with Crippen molar-refractivity contribution in [2.75, 3.05) is 0 Å².